The Morgan fingerprint density at radius 1 is 1.32 bits per heavy atom. The van der Waals surface area contributed by atoms with Gasteiger partial charge < -0.3 is 4.74 Å². The standard InChI is InChI=1S/C11H12F3N3OS/c1-2-18-5-6-19-10-16-15-9-4-3-8(7-17(9)10)11(12,13)14/h3-4,7H,2,5-6H2,1H3. The topological polar surface area (TPSA) is 39.4 Å². The van der Waals surface area contributed by atoms with Crippen molar-refractivity contribution in [2.45, 2.75) is 18.3 Å². The van der Waals surface area contributed by atoms with E-state index in [1.165, 1.54) is 22.2 Å². The van der Waals surface area contributed by atoms with E-state index in [2.05, 4.69) is 10.2 Å². The van der Waals surface area contributed by atoms with Gasteiger partial charge in [-0.1, -0.05) is 11.8 Å². The summed E-state index contributed by atoms with van der Waals surface area (Å²) in [5.41, 5.74) is -0.321. The molecule has 0 atom stereocenters. The third-order valence-electron chi connectivity index (χ3n) is 2.36. The van der Waals surface area contributed by atoms with Crippen molar-refractivity contribution in [1.82, 2.24) is 14.6 Å². The molecule has 0 saturated carbocycles. The summed E-state index contributed by atoms with van der Waals surface area (Å²) >= 11 is 1.31. The van der Waals surface area contributed by atoms with Crippen molar-refractivity contribution >= 4 is 17.4 Å². The van der Waals surface area contributed by atoms with Crippen molar-refractivity contribution in [3.8, 4) is 0 Å². The van der Waals surface area contributed by atoms with Crippen LogP contribution in [-0.4, -0.2) is 33.6 Å². The Morgan fingerprint density at radius 2 is 2.11 bits per heavy atom. The number of halogens is 3. The Bertz CT molecular complexity index is 556. The second-order valence-corrected chi connectivity index (χ2v) is 4.73. The van der Waals surface area contributed by atoms with E-state index < -0.39 is 11.7 Å². The number of rotatable bonds is 5. The summed E-state index contributed by atoms with van der Waals surface area (Å²) in [6, 6.07) is 2.31. The molecule has 0 aromatic carbocycles. The molecule has 2 aromatic rings. The highest BCUT2D eigenvalue weighted by molar-refractivity contribution is 7.99. The van der Waals surface area contributed by atoms with Crippen LogP contribution in [0.3, 0.4) is 0 Å². The first-order chi connectivity index (χ1) is 9.02. The summed E-state index contributed by atoms with van der Waals surface area (Å²) in [6.07, 6.45) is -3.36. The molecule has 0 aliphatic carbocycles. The lowest BCUT2D eigenvalue weighted by atomic mass is 10.3. The lowest BCUT2D eigenvalue weighted by Crippen LogP contribution is -2.06. The molecule has 0 amide bonds. The van der Waals surface area contributed by atoms with E-state index in [1.54, 1.807) is 0 Å². The van der Waals surface area contributed by atoms with Crippen molar-refractivity contribution in [2.75, 3.05) is 19.0 Å². The first kappa shape index (κ1) is 14.1. The van der Waals surface area contributed by atoms with Crippen molar-refractivity contribution in [3.63, 3.8) is 0 Å². The number of aromatic nitrogens is 3. The molecule has 0 N–H and O–H groups in total. The Kier molecular flexibility index (Phi) is 4.31. The molecule has 0 aliphatic heterocycles. The van der Waals surface area contributed by atoms with E-state index in [4.69, 9.17) is 4.74 Å². The number of ether oxygens (including phenoxy) is 1. The Balaban J connectivity index is 2.20. The predicted octanol–water partition coefficient (Wildman–Crippen LogP) is 2.88. The van der Waals surface area contributed by atoms with Gasteiger partial charge >= 0.3 is 6.18 Å². The fraction of sp³-hybridized carbons (Fsp3) is 0.455. The second-order valence-electron chi connectivity index (χ2n) is 3.67. The Morgan fingerprint density at radius 3 is 2.79 bits per heavy atom. The van der Waals surface area contributed by atoms with Crippen LogP contribution in [0.4, 0.5) is 13.2 Å². The molecule has 0 fully saturated rings. The first-order valence-electron chi connectivity index (χ1n) is 5.65. The monoisotopic (exact) mass is 291 g/mol. The average molecular weight is 291 g/mol. The molecule has 0 spiro atoms. The van der Waals surface area contributed by atoms with Gasteiger partial charge in [-0.2, -0.15) is 13.2 Å². The summed E-state index contributed by atoms with van der Waals surface area (Å²) < 4.78 is 44.4. The van der Waals surface area contributed by atoms with Gasteiger partial charge in [-0.05, 0) is 19.1 Å². The van der Waals surface area contributed by atoms with Crippen molar-refractivity contribution in [2.24, 2.45) is 0 Å². The summed E-state index contributed by atoms with van der Waals surface area (Å²) in [5.74, 6) is 0.616. The van der Waals surface area contributed by atoms with E-state index in [0.29, 0.717) is 29.8 Å². The van der Waals surface area contributed by atoms with Crippen LogP contribution < -0.4 is 0 Å². The van der Waals surface area contributed by atoms with Gasteiger partial charge in [0, 0.05) is 18.6 Å². The maximum atomic E-state index is 12.6. The molecular formula is C11H12F3N3OS. The van der Waals surface area contributed by atoms with E-state index in [-0.39, 0.29) is 0 Å². The van der Waals surface area contributed by atoms with Gasteiger partial charge in [-0.15, -0.1) is 10.2 Å². The van der Waals surface area contributed by atoms with Crippen LogP contribution >= 0.6 is 11.8 Å². The van der Waals surface area contributed by atoms with Crippen LogP contribution in [0, 0.1) is 0 Å². The van der Waals surface area contributed by atoms with Gasteiger partial charge in [0.25, 0.3) is 0 Å². The molecule has 2 heterocycles. The number of thioether (sulfide) groups is 1. The third-order valence-corrected chi connectivity index (χ3v) is 3.27. The highest BCUT2D eigenvalue weighted by Gasteiger charge is 2.31. The van der Waals surface area contributed by atoms with Gasteiger partial charge in [-0.25, -0.2) is 0 Å². The van der Waals surface area contributed by atoms with Crippen molar-refractivity contribution in [1.29, 1.82) is 0 Å². The Labute approximate surface area is 112 Å². The van der Waals surface area contributed by atoms with E-state index >= 15 is 0 Å². The van der Waals surface area contributed by atoms with Crippen LogP contribution in [-0.2, 0) is 10.9 Å². The molecule has 0 aliphatic rings. The molecule has 0 saturated heterocycles. The molecule has 0 bridgehead atoms. The van der Waals surface area contributed by atoms with Crippen LogP contribution in [0.2, 0.25) is 0 Å². The van der Waals surface area contributed by atoms with E-state index in [9.17, 15) is 13.2 Å². The third kappa shape index (κ3) is 3.38. The zero-order valence-corrected chi connectivity index (χ0v) is 11.0. The number of pyridine rings is 1. The minimum atomic E-state index is -4.37. The molecule has 2 aromatic heterocycles. The molecule has 19 heavy (non-hydrogen) atoms. The van der Waals surface area contributed by atoms with Crippen LogP contribution in [0.25, 0.3) is 5.65 Å². The summed E-state index contributed by atoms with van der Waals surface area (Å²) in [6.45, 7) is 3.02. The fourth-order valence-electron chi connectivity index (χ4n) is 1.47. The molecular weight excluding hydrogens is 279 g/mol. The van der Waals surface area contributed by atoms with Crippen LogP contribution in [0.15, 0.2) is 23.5 Å². The van der Waals surface area contributed by atoms with Gasteiger partial charge in [0.2, 0.25) is 0 Å². The lowest BCUT2D eigenvalue weighted by Gasteiger charge is -2.07. The van der Waals surface area contributed by atoms with Crippen molar-refractivity contribution in [3.05, 3.63) is 23.9 Å². The first-order valence-corrected chi connectivity index (χ1v) is 6.63. The summed E-state index contributed by atoms with van der Waals surface area (Å²) in [5, 5.41) is 8.13. The predicted molar refractivity (Wildman–Crippen MR) is 65.2 cm³/mol. The Hall–Kier alpha value is -1.28. The van der Waals surface area contributed by atoms with Crippen LogP contribution in [0.1, 0.15) is 12.5 Å². The highest BCUT2D eigenvalue weighted by atomic mass is 32.2. The quantitative estimate of drug-likeness (QED) is 0.627. The fourth-order valence-corrected chi connectivity index (χ4v) is 2.24. The number of fused-ring (bicyclic) bond motifs is 1. The van der Waals surface area contributed by atoms with Gasteiger partial charge in [-0.3, -0.25) is 4.40 Å². The number of nitrogens with zero attached hydrogens (tertiary/aromatic N) is 3. The molecule has 8 heteroatoms. The second kappa shape index (κ2) is 5.79. The minimum absolute atomic E-state index is 0.395. The summed E-state index contributed by atoms with van der Waals surface area (Å²) in [7, 11) is 0. The van der Waals surface area contributed by atoms with Gasteiger partial charge in [0.1, 0.15) is 0 Å². The largest absolute Gasteiger partial charge is 0.417 e. The van der Waals surface area contributed by atoms with E-state index in [0.717, 1.165) is 12.3 Å². The summed E-state index contributed by atoms with van der Waals surface area (Å²) in [4.78, 5) is 0. The average Bonchev–Trinajstić information content (AvgIpc) is 2.76. The zero-order chi connectivity index (χ0) is 13.9. The number of hydrogen-bond donors (Lipinski definition) is 0. The van der Waals surface area contributed by atoms with Crippen molar-refractivity contribution < 1.29 is 17.9 Å². The van der Waals surface area contributed by atoms with Crippen LogP contribution in [0.5, 0.6) is 0 Å². The molecule has 4 nitrogen and oxygen atoms in total. The number of alkyl halides is 3. The number of hydrogen-bond acceptors (Lipinski definition) is 4. The highest BCUT2D eigenvalue weighted by Crippen LogP contribution is 2.30. The molecule has 104 valence electrons. The maximum absolute atomic E-state index is 12.6. The molecule has 0 radical (unpaired) electrons. The maximum Gasteiger partial charge on any atom is 0.417 e. The zero-order valence-electron chi connectivity index (χ0n) is 10.1. The minimum Gasteiger partial charge on any atom is -0.381 e. The molecule has 0 unspecified atom stereocenters. The van der Waals surface area contributed by atoms with Gasteiger partial charge in [0.15, 0.2) is 10.8 Å². The lowest BCUT2D eigenvalue weighted by molar-refractivity contribution is -0.137. The van der Waals surface area contributed by atoms with Gasteiger partial charge in [0.05, 0.1) is 12.2 Å². The smallest absolute Gasteiger partial charge is 0.381 e. The SMILES string of the molecule is CCOCCSc1nnc2ccc(C(F)(F)F)cn12. The van der Waals surface area contributed by atoms with E-state index in [1.807, 2.05) is 6.92 Å². The normalized spacial score (nSPS) is 12.2. The molecule has 2 rings (SSSR count).